The lowest BCUT2D eigenvalue weighted by atomic mass is 10.0. The molecule has 0 amide bonds. The first-order chi connectivity index (χ1) is 11.2. The maximum atomic E-state index is 9.14. The minimum absolute atomic E-state index is 0.696. The number of piperidine rings is 1. The topological polar surface area (TPSA) is 42.7 Å². The Morgan fingerprint density at radius 2 is 1.78 bits per heavy atom. The summed E-state index contributed by atoms with van der Waals surface area (Å²) in [5.41, 5.74) is 1.75. The summed E-state index contributed by atoms with van der Waals surface area (Å²) in [6.07, 6.45) is 2.37. The van der Waals surface area contributed by atoms with Crippen LogP contribution in [0.5, 0.6) is 5.75 Å². The number of likely N-dealkylation sites (N-methyl/N-ethyl adjacent to an activating group) is 1. The summed E-state index contributed by atoms with van der Waals surface area (Å²) in [5.74, 6) is 0.863. The van der Waals surface area contributed by atoms with Crippen LogP contribution >= 0.6 is 0 Å². The highest BCUT2D eigenvalue weighted by atomic mass is 16.5. The summed E-state index contributed by atoms with van der Waals surface area (Å²) in [4.78, 5) is 7.43. The molecule has 1 aromatic carbocycles. The molecular weight excluding hydrogens is 288 g/mol. The first kappa shape index (κ1) is 16.1. The fraction of sp³-hybridized carbons (Fsp3) is 0.611. The molecule has 5 nitrogen and oxygen atoms in total. The molecule has 0 aromatic heterocycles. The Morgan fingerprint density at radius 3 is 2.39 bits per heavy atom. The molecule has 2 saturated heterocycles. The standard InChI is InChI=1S/C18H26N4O/c1-20-9-11-21(12-10-20)16-5-7-22(8-6-16)17-13-15(14-19)3-4-18(17)23-2/h3-4,13,16H,5-12H2,1-2H3. The number of ether oxygens (including phenoxy) is 1. The summed E-state index contributed by atoms with van der Waals surface area (Å²) in [5, 5.41) is 9.14. The molecule has 2 fully saturated rings. The van der Waals surface area contributed by atoms with Crippen molar-refractivity contribution in [1.82, 2.24) is 9.80 Å². The predicted octanol–water partition coefficient (Wildman–Crippen LogP) is 1.78. The third-order valence-corrected chi connectivity index (χ3v) is 5.17. The number of methoxy groups -OCH3 is 1. The van der Waals surface area contributed by atoms with Crippen LogP contribution in [-0.2, 0) is 0 Å². The van der Waals surface area contributed by atoms with E-state index in [1.165, 1.54) is 39.0 Å². The average molecular weight is 314 g/mol. The summed E-state index contributed by atoms with van der Waals surface area (Å²) < 4.78 is 5.49. The predicted molar refractivity (Wildman–Crippen MR) is 92.0 cm³/mol. The van der Waals surface area contributed by atoms with Gasteiger partial charge in [-0.1, -0.05) is 0 Å². The number of benzene rings is 1. The Morgan fingerprint density at radius 1 is 1.09 bits per heavy atom. The number of anilines is 1. The number of rotatable bonds is 3. The quantitative estimate of drug-likeness (QED) is 0.851. The van der Waals surface area contributed by atoms with Crippen molar-refractivity contribution in [2.75, 3.05) is 58.3 Å². The molecule has 23 heavy (non-hydrogen) atoms. The van der Waals surface area contributed by atoms with Crippen molar-refractivity contribution in [2.24, 2.45) is 0 Å². The van der Waals surface area contributed by atoms with Gasteiger partial charge in [0.2, 0.25) is 0 Å². The van der Waals surface area contributed by atoms with Crippen LogP contribution in [0.4, 0.5) is 5.69 Å². The number of nitriles is 1. The van der Waals surface area contributed by atoms with Gasteiger partial charge in [0.05, 0.1) is 24.4 Å². The zero-order chi connectivity index (χ0) is 16.2. The van der Waals surface area contributed by atoms with Gasteiger partial charge in [0.15, 0.2) is 0 Å². The van der Waals surface area contributed by atoms with Crippen molar-refractivity contribution in [1.29, 1.82) is 5.26 Å². The zero-order valence-corrected chi connectivity index (χ0v) is 14.2. The van der Waals surface area contributed by atoms with E-state index in [1.807, 2.05) is 18.2 Å². The second kappa shape index (κ2) is 7.20. The third-order valence-electron chi connectivity index (χ3n) is 5.17. The van der Waals surface area contributed by atoms with Gasteiger partial charge in [-0.25, -0.2) is 0 Å². The van der Waals surface area contributed by atoms with Crippen LogP contribution in [0.15, 0.2) is 18.2 Å². The van der Waals surface area contributed by atoms with Crippen LogP contribution in [-0.4, -0.2) is 69.3 Å². The van der Waals surface area contributed by atoms with Crippen LogP contribution < -0.4 is 9.64 Å². The Balaban J connectivity index is 1.64. The van der Waals surface area contributed by atoms with E-state index >= 15 is 0 Å². The molecule has 0 bridgehead atoms. The third kappa shape index (κ3) is 3.60. The maximum absolute atomic E-state index is 9.14. The van der Waals surface area contributed by atoms with Crippen molar-refractivity contribution >= 4 is 5.69 Å². The summed E-state index contributed by atoms with van der Waals surface area (Å²) >= 11 is 0. The SMILES string of the molecule is COc1ccc(C#N)cc1N1CCC(N2CCN(C)CC2)CC1. The fourth-order valence-electron chi connectivity index (χ4n) is 3.67. The molecule has 0 radical (unpaired) electrons. The highest BCUT2D eigenvalue weighted by molar-refractivity contribution is 5.62. The number of nitrogens with zero attached hydrogens (tertiary/aromatic N) is 4. The van der Waals surface area contributed by atoms with Crippen molar-refractivity contribution in [2.45, 2.75) is 18.9 Å². The van der Waals surface area contributed by atoms with E-state index in [-0.39, 0.29) is 0 Å². The van der Waals surface area contributed by atoms with Gasteiger partial charge in [-0.3, -0.25) is 4.90 Å². The Kier molecular flexibility index (Phi) is 5.04. The normalized spacial score (nSPS) is 21.2. The van der Waals surface area contributed by atoms with E-state index in [1.54, 1.807) is 7.11 Å². The van der Waals surface area contributed by atoms with Crippen molar-refractivity contribution in [3.05, 3.63) is 23.8 Å². The van der Waals surface area contributed by atoms with E-state index in [4.69, 9.17) is 10.00 Å². The fourth-order valence-corrected chi connectivity index (χ4v) is 3.67. The van der Waals surface area contributed by atoms with Gasteiger partial charge in [0.25, 0.3) is 0 Å². The smallest absolute Gasteiger partial charge is 0.142 e. The summed E-state index contributed by atoms with van der Waals surface area (Å²) in [6.45, 7) is 6.80. The van der Waals surface area contributed by atoms with E-state index in [2.05, 4.69) is 27.8 Å². The van der Waals surface area contributed by atoms with Gasteiger partial charge in [0, 0.05) is 45.3 Å². The second-order valence-corrected chi connectivity index (χ2v) is 6.56. The minimum Gasteiger partial charge on any atom is -0.495 e. The molecule has 2 aliphatic rings. The summed E-state index contributed by atoms with van der Waals surface area (Å²) in [6, 6.07) is 8.60. The minimum atomic E-state index is 0.696. The number of hydrogen-bond acceptors (Lipinski definition) is 5. The lowest BCUT2D eigenvalue weighted by Gasteiger charge is -2.42. The first-order valence-corrected chi connectivity index (χ1v) is 8.47. The van der Waals surface area contributed by atoms with E-state index in [0.717, 1.165) is 24.5 Å². The van der Waals surface area contributed by atoms with E-state index in [0.29, 0.717) is 11.6 Å². The lowest BCUT2D eigenvalue weighted by molar-refractivity contribution is 0.0981. The lowest BCUT2D eigenvalue weighted by Crippen LogP contribution is -2.52. The molecule has 0 aliphatic carbocycles. The first-order valence-electron chi connectivity index (χ1n) is 8.47. The van der Waals surface area contributed by atoms with Crippen LogP contribution in [0.3, 0.4) is 0 Å². The molecule has 124 valence electrons. The molecule has 2 aliphatic heterocycles. The second-order valence-electron chi connectivity index (χ2n) is 6.56. The molecule has 0 unspecified atom stereocenters. The van der Waals surface area contributed by atoms with Crippen LogP contribution in [0.1, 0.15) is 18.4 Å². The molecule has 0 spiro atoms. The zero-order valence-electron chi connectivity index (χ0n) is 14.2. The van der Waals surface area contributed by atoms with Gasteiger partial charge in [-0.15, -0.1) is 0 Å². The van der Waals surface area contributed by atoms with E-state index in [9.17, 15) is 0 Å². The van der Waals surface area contributed by atoms with Crippen molar-refractivity contribution in [3.63, 3.8) is 0 Å². The number of piperazine rings is 1. The highest BCUT2D eigenvalue weighted by Gasteiger charge is 2.27. The molecule has 5 heteroatoms. The Hall–Kier alpha value is -1.77. The largest absolute Gasteiger partial charge is 0.495 e. The maximum Gasteiger partial charge on any atom is 0.142 e. The average Bonchev–Trinajstić information content (AvgIpc) is 2.62. The Bertz CT molecular complexity index is 567. The summed E-state index contributed by atoms with van der Waals surface area (Å²) in [7, 11) is 3.90. The van der Waals surface area contributed by atoms with Gasteiger partial charge in [-0.05, 0) is 38.1 Å². The van der Waals surface area contributed by atoms with Crippen molar-refractivity contribution in [3.8, 4) is 11.8 Å². The molecule has 1 aromatic rings. The van der Waals surface area contributed by atoms with Gasteiger partial charge in [-0.2, -0.15) is 5.26 Å². The van der Waals surface area contributed by atoms with Gasteiger partial charge < -0.3 is 14.5 Å². The monoisotopic (exact) mass is 314 g/mol. The molecule has 2 heterocycles. The van der Waals surface area contributed by atoms with Crippen molar-refractivity contribution < 1.29 is 4.74 Å². The molecule has 0 saturated carbocycles. The Labute approximate surface area is 139 Å². The van der Waals surface area contributed by atoms with E-state index < -0.39 is 0 Å². The van der Waals surface area contributed by atoms with Crippen LogP contribution in [0.2, 0.25) is 0 Å². The molecule has 3 rings (SSSR count). The number of hydrogen-bond donors (Lipinski definition) is 0. The molecular formula is C18H26N4O. The van der Waals surface area contributed by atoms with Gasteiger partial charge >= 0.3 is 0 Å². The molecule has 0 atom stereocenters. The van der Waals surface area contributed by atoms with Crippen LogP contribution in [0.25, 0.3) is 0 Å². The highest BCUT2D eigenvalue weighted by Crippen LogP contribution is 2.32. The molecule has 0 N–H and O–H groups in total. The van der Waals surface area contributed by atoms with Crippen LogP contribution in [0, 0.1) is 11.3 Å². The van der Waals surface area contributed by atoms with Gasteiger partial charge in [0.1, 0.15) is 5.75 Å².